The van der Waals surface area contributed by atoms with Crippen molar-refractivity contribution < 1.29 is 4.79 Å². The number of carbonyl (C=O) groups excluding carboxylic acids is 1. The molecule has 0 aromatic heterocycles. The number of halogens is 1. The molecule has 0 aromatic rings. The van der Waals surface area contributed by atoms with Crippen LogP contribution in [0.25, 0.3) is 0 Å². The molecule has 0 spiro atoms. The summed E-state index contributed by atoms with van der Waals surface area (Å²) in [7, 11) is 3.33. The molecule has 0 aliphatic rings. The Hall–Kier alpha value is -0.780. The largest absolute Gasteiger partial charge is 0.368 e. The summed E-state index contributed by atoms with van der Waals surface area (Å²) < 4.78 is 0. The first-order valence-corrected chi connectivity index (χ1v) is 3.32. The van der Waals surface area contributed by atoms with Crippen LogP contribution in [0.2, 0.25) is 0 Å². The highest BCUT2D eigenvalue weighted by molar-refractivity contribution is 8.93. The molecular formula is C6H15BrN4O. The number of carbonyl (C=O) groups is 1. The van der Waals surface area contributed by atoms with Gasteiger partial charge in [-0.1, -0.05) is 0 Å². The summed E-state index contributed by atoms with van der Waals surface area (Å²) in [6.45, 7) is 1.67. The smallest absolute Gasteiger partial charge is 0.239 e. The zero-order valence-corrected chi connectivity index (χ0v) is 9.13. The lowest BCUT2D eigenvalue weighted by atomic mass is 10.3. The number of hydrogen-bond acceptors (Lipinski definition) is 2. The molecule has 0 saturated carbocycles. The van der Waals surface area contributed by atoms with E-state index in [1.54, 1.807) is 21.0 Å². The molecule has 4 N–H and O–H groups in total. The Balaban J connectivity index is 0. The van der Waals surface area contributed by atoms with Crippen LogP contribution >= 0.6 is 17.0 Å². The minimum Gasteiger partial charge on any atom is -0.368 e. The van der Waals surface area contributed by atoms with E-state index in [1.165, 1.54) is 0 Å². The fraction of sp³-hybridized carbons (Fsp3) is 0.667. The lowest BCUT2D eigenvalue weighted by Gasteiger charge is -2.12. The number of nitrogens with one attached hydrogen (secondary N) is 2. The maximum Gasteiger partial charge on any atom is 0.239 e. The van der Waals surface area contributed by atoms with Gasteiger partial charge in [0.25, 0.3) is 0 Å². The van der Waals surface area contributed by atoms with Gasteiger partial charge in [-0.25, -0.2) is 0 Å². The third-order valence-corrected chi connectivity index (χ3v) is 1.24. The maximum absolute atomic E-state index is 10.5. The second-order valence-electron chi connectivity index (χ2n) is 2.09. The van der Waals surface area contributed by atoms with Crippen molar-refractivity contribution in [2.75, 3.05) is 14.1 Å². The number of guanidine groups is 1. The van der Waals surface area contributed by atoms with Crippen LogP contribution < -0.4 is 16.4 Å². The van der Waals surface area contributed by atoms with Gasteiger partial charge in [0.05, 0.1) is 0 Å². The molecule has 0 bridgehead atoms. The SMILES string of the molecule is Br.CN=C(NC)N[C@@H](C)C(N)=O. The molecule has 1 atom stereocenters. The molecule has 72 valence electrons. The van der Waals surface area contributed by atoms with Gasteiger partial charge in [0.2, 0.25) is 5.91 Å². The molecule has 0 radical (unpaired) electrons. The van der Waals surface area contributed by atoms with Crippen molar-refractivity contribution >= 4 is 28.8 Å². The van der Waals surface area contributed by atoms with E-state index < -0.39 is 11.9 Å². The van der Waals surface area contributed by atoms with E-state index in [9.17, 15) is 4.79 Å². The first-order chi connectivity index (χ1) is 5.11. The van der Waals surface area contributed by atoms with E-state index in [-0.39, 0.29) is 17.0 Å². The standard InChI is InChI=1S/C6H14N4O.BrH/c1-4(5(7)11)10-6(8-2)9-3;/h4H,1-3H3,(H2,7,11)(H2,8,9,10);1H/t4-;/m0./s1. The van der Waals surface area contributed by atoms with Crippen LogP contribution in [0.4, 0.5) is 0 Å². The second kappa shape index (κ2) is 6.90. The predicted molar refractivity (Wildman–Crippen MR) is 54.5 cm³/mol. The van der Waals surface area contributed by atoms with Crippen molar-refractivity contribution in [2.45, 2.75) is 13.0 Å². The molecule has 0 fully saturated rings. The lowest BCUT2D eigenvalue weighted by Crippen LogP contribution is -2.46. The second-order valence-corrected chi connectivity index (χ2v) is 2.09. The maximum atomic E-state index is 10.5. The molecule has 1 amide bonds. The molecule has 6 heteroatoms. The molecule has 0 aliphatic carbocycles. The number of rotatable bonds is 2. The third kappa shape index (κ3) is 4.95. The molecule has 0 rings (SSSR count). The van der Waals surface area contributed by atoms with Gasteiger partial charge in [0.15, 0.2) is 5.96 Å². The number of primary amides is 1. The molecule has 0 saturated heterocycles. The third-order valence-electron chi connectivity index (χ3n) is 1.24. The highest BCUT2D eigenvalue weighted by atomic mass is 79.9. The quantitative estimate of drug-likeness (QED) is 0.437. The Labute approximate surface area is 82.6 Å². The van der Waals surface area contributed by atoms with E-state index >= 15 is 0 Å². The zero-order chi connectivity index (χ0) is 8.85. The topological polar surface area (TPSA) is 79.5 Å². The molecule has 5 nitrogen and oxygen atoms in total. The summed E-state index contributed by atoms with van der Waals surface area (Å²) in [6.07, 6.45) is 0. The van der Waals surface area contributed by atoms with Crippen LogP contribution in [0.3, 0.4) is 0 Å². The molecule has 0 unspecified atom stereocenters. The molecule has 0 heterocycles. The van der Waals surface area contributed by atoms with Crippen LogP contribution in [0.15, 0.2) is 4.99 Å². The average molecular weight is 239 g/mol. The first-order valence-electron chi connectivity index (χ1n) is 3.32. The summed E-state index contributed by atoms with van der Waals surface area (Å²) in [5.74, 6) is 0.151. The minimum atomic E-state index is -0.402. The summed E-state index contributed by atoms with van der Waals surface area (Å²) in [5.41, 5.74) is 5.01. The monoisotopic (exact) mass is 238 g/mol. The van der Waals surface area contributed by atoms with Crippen LogP contribution in [-0.2, 0) is 4.79 Å². The van der Waals surface area contributed by atoms with E-state index in [0.717, 1.165) is 0 Å². The number of nitrogens with zero attached hydrogens (tertiary/aromatic N) is 1. The van der Waals surface area contributed by atoms with Crippen LogP contribution in [0.5, 0.6) is 0 Å². The fourth-order valence-corrected chi connectivity index (χ4v) is 0.525. The van der Waals surface area contributed by atoms with Crippen molar-refractivity contribution in [3.63, 3.8) is 0 Å². The normalized spacial score (nSPS) is 12.8. The number of aliphatic imine (C=N–C) groups is 1. The van der Waals surface area contributed by atoms with Gasteiger partial charge in [-0.2, -0.15) is 0 Å². The van der Waals surface area contributed by atoms with Crippen molar-refractivity contribution in [3.8, 4) is 0 Å². The number of nitrogens with two attached hydrogens (primary N) is 1. The summed E-state index contributed by atoms with van der Waals surface area (Å²) in [6, 6.07) is -0.402. The minimum absolute atomic E-state index is 0. The molecule has 0 aliphatic heterocycles. The van der Waals surface area contributed by atoms with Gasteiger partial charge in [-0.3, -0.25) is 9.79 Å². The summed E-state index contributed by atoms with van der Waals surface area (Å²) in [5, 5.41) is 5.55. The summed E-state index contributed by atoms with van der Waals surface area (Å²) in [4.78, 5) is 14.4. The highest BCUT2D eigenvalue weighted by Gasteiger charge is 2.08. The Morgan fingerprint density at radius 3 is 2.33 bits per heavy atom. The van der Waals surface area contributed by atoms with Crippen LogP contribution in [-0.4, -0.2) is 32.0 Å². The zero-order valence-electron chi connectivity index (χ0n) is 7.42. The Morgan fingerprint density at radius 1 is 1.58 bits per heavy atom. The van der Waals surface area contributed by atoms with Gasteiger partial charge >= 0.3 is 0 Å². The van der Waals surface area contributed by atoms with Gasteiger partial charge in [-0.15, -0.1) is 17.0 Å². The van der Waals surface area contributed by atoms with Gasteiger partial charge in [-0.05, 0) is 6.92 Å². The molecule has 12 heavy (non-hydrogen) atoms. The van der Waals surface area contributed by atoms with Crippen molar-refractivity contribution in [1.29, 1.82) is 0 Å². The van der Waals surface area contributed by atoms with Gasteiger partial charge < -0.3 is 16.4 Å². The van der Waals surface area contributed by atoms with E-state index in [2.05, 4.69) is 15.6 Å². The Bertz CT molecular complexity index is 171. The first kappa shape index (κ1) is 13.8. The lowest BCUT2D eigenvalue weighted by molar-refractivity contribution is -0.119. The van der Waals surface area contributed by atoms with E-state index in [1.807, 2.05) is 0 Å². The van der Waals surface area contributed by atoms with Crippen molar-refractivity contribution in [2.24, 2.45) is 10.7 Å². The van der Waals surface area contributed by atoms with E-state index in [0.29, 0.717) is 5.96 Å². The van der Waals surface area contributed by atoms with Gasteiger partial charge in [0, 0.05) is 14.1 Å². The number of amides is 1. The summed E-state index contributed by atoms with van der Waals surface area (Å²) >= 11 is 0. The Kier molecular flexibility index (Phi) is 7.93. The highest BCUT2D eigenvalue weighted by Crippen LogP contribution is 1.77. The predicted octanol–water partition coefficient (Wildman–Crippen LogP) is -0.767. The van der Waals surface area contributed by atoms with Crippen molar-refractivity contribution in [1.82, 2.24) is 10.6 Å². The van der Waals surface area contributed by atoms with E-state index in [4.69, 9.17) is 5.73 Å². The van der Waals surface area contributed by atoms with Crippen LogP contribution in [0.1, 0.15) is 6.92 Å². The number of hydrogen-bond donors (Lipinski definition) is 3. The average Bonchev–Trinajstić information content (AvgIpc) is 1.99. The van der Waals surface area contributed by atoms with Gasteiger partial charge in [0.1, 0.15) is 6.04 Å². The van der Waals surface area contributed by atoms with Crippen LogP contribution in [0, 0.1) is 0 Å². The molecule has 0 aromatic carbocycles. The van der Waals surface area contributed by atoms with Crippen molar-refractivity contribution in [3.05, 3.63) is 0 Å². The Morgan fingerprint density at radius 2 is 2.08 bits per heavy atom. The molecular weight excluding hydrogens is 224 g/mol. The fourth-order valence-electron chi connectivity index (χ4n) is 0.525.